The molecule has 0 saturated carbocycles. The highest BCUT2D eigenvalue weighted by molar-refractivity contribution is 5.94. The molecule has 0 radical (unpaired) electrons. The summed E-state index contributed by atoms with van der Waals surface area (Å²) in [6, 6.07) is 5.74. The summed E-state index contributed by atoms with van der Waals surface area (Å²) in [6.45, 7) is 4.58. The van der Waals surface area contributed by atoms with Gasteiger partial charge in [0, 0.05) is 62.8 Å². The van der Waals surface area contributed by atoms with Crippen LogP contribution in [0, 0.1) is 0 Å². The van der Waals surface area contributed by atoms with Gasteiger partial charge in [-0.05, 0) is 31.0 Å². The minimum atomic E-state index is 0.0832. The minimum absolute atomic E-state index is 0.0832. The van der Waals surface area contributed by atoms with Gasteiger partial charge in [-0.1, -0.05) is 0 Å². The predicted octanol–water partition coefficient (Wildman–Crippen LogP) is 2.22. The van der Waals surface area contributed by atoms with E-state index in [1.54, 1.807) is 24.5 Å². The summed E-state index contributed by atoms with van der Waals surface area (Å²) in [7, 11) is 2.03. The van der Waals surface area contributed by atoms with E-state index in [2.05, 4.69) is 25.5 Å². The average molecular weight is 406 g/mol. The van der Waals surface area contributed by atoms with Crippen LogP contribution in [0.25, 0.3) is 11.0 Å². The largest absolute Gasteiger partial charge is 0.378 e. The maximum Gasteiger partial charge on any atom is 0.253 e. The van der Waals surface area contributed by atoms with Crippen molar-refractivity contribution >= 4 is 22.8 Å². The number of amides is 1. The van der Waals surface area contributed by atoms with E-state index in [1.807, 2.05) is 18.3 Å². The number of hydrogen-bond donors (Lipinski definition) is 0. The molecule has 8 nitrogen and oxygen atoms in total. The highest BCUT2D eigenvalue weighted by Gasteiger charge is 2.27. The van der Waals surface area contributed by atoms with Crippen molar-refractivity contribution in [2.75, 3.05) is 44.3 Å². The summed E-state index contributed by atoms with van der Waals surface area (Å²) < 4.78 is 7.58. The summed E-state index contributed by atoms with van der Waals surface area (Å²) in [5, 5.41) is 0. The van der Waals surface area contributed by atoms with Gasteiger partial charge in [-0.15, -0.1) is 0 Å². The molecule has 30 heavy (non-hydrogen) atoms. The first-order chi connectivity index (χ1) is 14.7. The second-order valence-electron chi connectivity index (χ2n) is 8.00. The van der Waals surface area contributed by atoms with Crippen LogP contribution in [0.3, 0.4) is 0 Å². The summed E-state index contributed by atoms with van der Waals surface area (Å²) in [5.41, 5.74) is 3.86. The lowest BCUT2D eigenvalue weighted by Crippen LogP contribution is -2.38. The van der Waals surface area contributed by atoms with E-state index in [4.69, 9.17) is 9.72 Å². The summed E-state index contributed by atoms with van der Waals surface area (Å²) >= 11 is 0. The van der Waals surface area contributed by atoms with Crippen molar-refractivity contribution in [3.05, 3.63) is 48.2 Å². The van der Waals surface area contributed by atoms with E-state index in [0.29, 0.717) is 11.5 Å². The van der Waals surface area contributed by atoms with Crippen molar-refractivity contribution in [3.63, 3.8) is 0 Å². The Bertz CT molecular complexity index is 1040. The number of hydrogen-bond acceptors (Lipinski definition) is 6. The number of ether oxygens (including phenoxy) is 1. The zero-order valence-electron chi connectivity index (χ0n) is 17.2. The SMILES string of the molecule is Cn1cnc2c(N3CCOCC3)nc(C3CCN(C(=O)c4ccncc4)CC3)cc21. The van der Waals surface area contributed by atoms with Crippen molar-refractivity contribution < 1.29 is 9.53 Å². The molecular weight excluding hydrogens is 380 g/mol. The topological polar surface area (TPSA) is 76.4 Å². The number of morpholine rings is 1. The number of rotatable bonds is 3. The molecule has 0 atom stereocenters. The smallest absolute Gasteiger partial charge is 0.253 e. The van der Waals surface area contributed by atoms with Crippen molar-refractivity contribution in [1.29, 1.82) is 0 Å². The molecule has 5 rings (SSSR count). The quantitative estimate of drug-likeness (QED) is 0.664. The molecule has 3 aromatic heterocycles. The Kier molecular flexibility index (Phi) is 5.08. The zero-order valence-corrected chi connectivity index (χ0v) is 17.2. The maximum absolute atomic E-state index is 12.7. The van der Waals surface area contributed by atoms with Gasteiger partial charge in [-0.25, -0.2) is 9.97 Å². The van der Waals surface area contributed by atoms with Gasteiger partial charge in [0.1, 0.15) is 5.52 Å². The van der Waals surface area contributed by atoms with Gasteiger partial charge in [0.2, 0.25) is 0 Å². The fraction of sp³-hybridized carbons (Fsp3) is 0.455. The molecular formula is C22H26N6O2. The number of fused-ring (bicyclic) bond motifs is 1. The molecule has 2 aliphatic heterocycles. The number of nitrogens with zero attached hydrogens (tertiary/aromatic N) is 6. The van der Waals surface area contributed by atoms with E-state index in [-0.39, 0.29) is 5.91 Å². The Morgan fingerprint density at radius 3 is 2.57 bits per heavy atom. The Balaban J connectivity index is 1.38. The Morgan fingerprint density at radius 1 is 1.10 bits per heavy atom. The van der Waals surface area contributed by atoms with Crippen molar-refractivity contribution in [2.24, 2.45) is 7.05 Å². The lowest BCUT2D eigenvalue weighted by atomic mass is 9.92. The molecule has 2 aliphatic rings. The predicted molar refractivity (Wildman–Crippen MR) is 114 cm³/mol. The number of anilines is 1. The van der Waals surface area contributed by atoms with E-state index in [1.165, 1.54) is 0 Å². The van der Waals surface area contributed by atoms with Gasteiger partial charge in [0.25, 0.3) is 5.91 Å². The molecule has 0 aromatic carbocycles. The lowest BCUT2D eigenvalue weighted by Gasteiger charge is -2.33. The molecule has 2 fully saturated rings. The molecule has 0 N–H and O–H groups in total. The Hall–Kier alpha value is -3.00. The van der Waals surface area contributed by atoms with Crippen LogP contribution in [0.4, 0.5) is 5.82 Å². The number of carbonyl (C=O) groups excluding carboxylic acids is 1. The van der Waals surface area contributed by atoms with Crippen LogP contribution >= 0.6 is 0 Å². The second-order valence-corrected chi connectivity index (χ2v) is 8.00. The molecule has 3 aromatic rings. The van der Waals surface area contributed by atoms with E-state index < -0.39 is 0 Å². The molecule has 0 unspecified atom stereocenters. The fourth-order valence-electron chi connectivity index (χ4n) is 4.39. The maximum atomic E-state index is 12.7. The van der Waals surface area contributed by atoms with Crippen LogP contribution in [0.5, 0.6) is 0 Å². The summed E-state index contributed by atoms with van der Waals surface area (Å²) in [6.07, 6.45) is 7.02. The van der Waals surface area contributed by atoms with Crippen molar-refractivity contribution in [2.45, 2.75) is 18.8 Å². The normalized spacial score (nSPS) is 18.2. The van der Waals surface area contributed by atoms with Gasteiger partial charge in [-0.2, -0.15) is 0 Å². The van der Waals surface area contributed by atoms with E-state index >= 15 is 0 Å². The van der Waals surface area contributed by atoms with E-state index in [9.17, 15) is 4.79 Å². The van der Waals surface area contributed by atoms with Crippen LogP contribution in [0.1, 0.15) is 34.8 Å². The molecule has 1 amide bonds. The van der Waals surface area contributed by atoms with Crippen LogP contribution in [0.2, 0.25) is 0 Å². The number of piperidine rings is 1. The van der Waals surface area contributed by atoms with E-state index in [0.717, 1.165) is 74.8 Å². The third-order valence-electron chi connectivity index (χ3n) is 6.15. The van der Waals surface area contributed by atoms with Crippen LogP contribution < -0.4 is 4.90 Å². The number of aromatic nitrogens is 4. The third kappa shape index (κ3) is 3.52. The Labute approximate surface area is 175 Å². The van der Waals surface area contributed by atoms with Gasteiger partial charge in [0.15, 0.2) is 5.82 Å². The van der Waals surface area contributed by atoms with Crippen LogP contribution in [0.15, 0.2) is 36.9 Å². The molecule has 156 valence electrons. The summed E-state index contributed by atoms with van der Waals surface area (Å²) in [5.74, 6) is 1.38. The average Bonchev–Trinajstić information content (AvgIpc) is 3.20. The highest BCUT2D eigenvalue weighted by Crippen LogP contribution is 2.33. The van der Waals surface area contributed by atoms with Gasteiger partial charge >= 0.3 is 0 Å². The molecule has 2 saturated heterocycles. The minimum Gasteiger partial charge on any atom is -0.378 e. The third-order valence-corrected chi connectivity index (χ3v) is 6.15. The molecule has 0 bridgehead atoms. The standard InChI is InChI=1S/C22H26N6O2/c1-26-15-24-20-19(26)14-18(25-21(20)27-10-12-30-13-11-27)16-4-8-28(9-5-16)22(29)17-2-6-23-7-3-17/h2-3,6-7,14-16H,4-5,8-13H2,1H3. The number of likely N-dealkylation sites (tertiary alicyclic amines) is 1. The first-order valence-corrected chi connectivity index (χ1v) is 10.5. The van der Waals surface area contributed by atoms with Crippen molar-refractivity contribution in [3.8, 4) is 0 Å². The first-order valence-electron chi connectivity index (χ1n) is 10.5. The Morgan fingerprint density at radius 2 is 1.83 bits per heavy atom. The molecule has 0 aliphatic carbocycles. The van der Waals surface area contributed by atoms with Gasteiger partial charge in [0.05, 0.1) is 25.1 Å². The number of carbonyl (C=O) groups is 1. The van der Waals surface area contributed by atoms with Crippen LogP contribution in [-0.2, 0) is 11.8 Å². The first kappa shape index (κ1) is 19.0. The molecule has 5 heterocycles. The highest BCUT2D eigenvalue weighted by atomic mass is 16.5. The lowest BCUT2D eigenvalue weighted by molar-refractivity contribution is 0.0712. The summed E-state index contributed by atoms with van der Waals surface area (Å²) in [4.78, 5) is 30.6. The zero-order chi connectivity index (χ0) is 20.5. The fourth-order valence-corrected chi connectivity index (χ4v) is 4.39. The molecule has 8 heteroatoms. The molecule has 0 spiro atoms. The number of pyridine rings is 2. The van der Waals surface area contributed by atoms with Gasteiger partial charge in [-0.3, -0.25) is 9.78 Å². The second kappa shape index (κ2) is 8.02. The number of imidazole rings is 1. The monoisotopic (exact) mass is 406 g/mol. The number of aryl methyl sites for hydroxylation is 1. The van der Waals surface area contributed by atoms with Gasteiger partial charge < -0.3 is 19.1 Å². The van der Waals surface area contributed by atoms with Crippen molar-refractivity contribution in [1.82, 2.24) is 24.4 Å². The van der Waals surface area contributed by atoms with Crippen LogP contribution in [-0.4, -0.2) is 69.7 Å².